The Morgan fingerprint density at radius 3 is 2.31 bits per heavy atom. The Morgan fingerprint density at radius 2 is 1.88 bits per heavy atom. The highest BCUT2D eigenvalue weighted by atomic mass is 16.6. The van der Waals surface area contributed by atoms with Crippen molar-refractivity contribution in [3.8, 4) is 0 Å². The van der Waals surface area contributed by atoms with Crippen LogP contribution in [-0.4, -0.2) is 37.1 Å². The molecule has 0 aliphatic carbocycles. The Balaban J connectivity index is 3.91. The zero-order valence-corrected chi connectivity index (χ0v) is 9.30. The van der Waals surface area contributed by atoms with Crippen LogP contribution in [0.15, 0.2) is 0 Å². The number of nitro groups is 1. The molecule has 92 valence electrons. The number of carbonyl (C=O) groups is 2. The Hall–Kier alpha value is -1.66. The van der Waals surface area contributed by atoms with E-state index in [2.05, 4.69) is 9.47 Å². The standard InChI is InChI=1S/C9H15NO6/c1-15-8(11)6-4-3-5-7(10(13)14)9(12)16-2/h7H,3-6H2,1-2H3. The topological polar surface area (TPSA) is 95.7 Å². The van der Waals surface area contributed by atoms with E-state index in [1.165, 1.54) is 7.11 Å². The summed E-state index contributed by atoms with van der Waals surface area (Å²) in [5.41, 5.74) is 0. The van der Waals surface area contributed by atoms with Gasteiger partial charge >= 0.3 is 18.0 Å². The SMILES string of the molecule is COC(=O)CCCCC(C(=O)OC)[N+](=O)[O-]. The average Bonchev–Trinajstić information content (AvgIpc) is 2.27. The minimum Gasteiger partial charge on any atom is -0.469 e. The van der Waals surface area contributed by atoms with E-state index >= 15 is 0 Å². The van der Waals surface area contributed by atoms with Gasteiger partial charge < -0.3 is 9.47 Å². The lowest BCUT2D eigenvalue weighted by Gasteiger charge is -2.06. The number of nitrogens with zero attached hydrogens (tertiary/aromatic N) is 1. The lowest BCUT2D eigenvalue weighted by Crippen LogP contribution is -2.30. The molecule has 0 rings (SSSR count). The van der Waals surface area contributed by atoms with Gasteiger partial charge in [-0.15, -0.1) is 0 Å². The Labute approximate surface area is 92.9 Å². The molecular formula is C9H15NO6. The summed E-state index contributed by atoms with van der Waals surface area (Å²) in [6.45, 7) is 0. The number of methoxy groups -OCH3 is 2. The van der Waals surface area contributed by atoms with Gasteiger partial charge in [0, 0.05) is 17.8 Å². The first-order valence-corrected chi connectivity index (χ1v) is 4.81. The van der Waals surface area contributed by atoms with E-state index in [1.54, 1.807) is 0 Å². The van der Waals surface area contributed by atoms with Crippen LogP contribution < -0.4 is 0 Å². The number of rotatable bonds is 7. The largest absolute Gasteiger partial charge is 0.469 e. The van der Waals surface area contributed by atoms with Crippen molar-refractivity contribution in [3.05, 3.63) is 10.1 Å². The third kappa shape index (κ3) is 5.28. The smallest absolute Gasteiger partial charge is 0.381 e. The van der Waals surface area contributed by atoms with Crippen molar-refractivity contribution in [2.24, 2.45) is 0 Å². The third-order valence-corrected chi connectivity index (χ3v) is 2.06. The predicted octanol–water partition coefficient (Wildman–Crippen LogP) is 0.538. The molecule has 0 fully saturated rings. The zero-order valence-electron chi connectivity index (χ0n) is 9.30. The molecule has 0 spiro atoms. The first kappa shape index (κ1) is 14.3. The molecule has 0 heterocycles. The highest BCUT2D eigenvalue weighted by Crippen LogP contribution is 2.08. The van der Waals surface area contributed by atoms with Crippen molar-refractivity contribution >= 4 is 11.9 Å². The molecule has 7 nitrogen and oxygen atoms in total. The van der Waals surface area contributed by atoms with Crippen LogP contribution >= 0.6 is 0 Å². The van der Waals surface area contributed by atoms with Gasteiger partial charge in [0.15, 0.2) is 0 Å². The zero-order chi connectivity index (χ0) is 12.6. The quantitative estimate of drug-likeness (QED) is 0.275. The summed E-state index contributed by atoms with van der Waals surface area (Å²) in [5, 5.41) is 10.5. The van der Waals surface area contributed by atoms with Crippen molar-refractivity contribution in [1.82, 2.24) is 0 Å². The van der Waals surface area contributed by atoms with E-state index in [-0.39, 0.29) is 18.8 Å². The Bertz CT molecular complexity index is 265. The summed E-state index contributed by atoms with van der Waals surface area (Å²) >= 11 is 0. The van der Waals surface area contributed by atoms with E-state index in [9.17, 15) is 19.7 Å². The summed E-state index contributed by atoms with van der Waals surface area (Å²) in [5.74, 6) is -1.22. The van der Waals surface area contributed by atoms with Crippen molar-refractivity contribution in [3.63, 3.8) is 0 Å². The van der Waals surface area contributed by atoms with E-state index in [1.807, 2.05) is 0 Å². The molecule has 0 radical (unpaired) electrons. The van der Waals surface area contributed by atoms with Crippen LogP contribution in [0.4, 0.5) is 0 Å². The number of ether oxygens (including phenoxy) is 2. The fraction of sp³-hybridized carbons (Fsp3) is 0.778. The van der Waals surface area contributed by atoms with Gasteiger partial charge in [-0.1, -0.05) is 0 Å². The van der Waals surface area contributed by atoms with E-state index in [0.29, 0.717) is 12.8 Å². The molecule has 0 amide bonds. The van der Waals surface area contributed by atoms with Crippen LogP contribution in [0.2, 0.25) is 0 Å². The lowest BCUT2D eigenvalue weighted by molar-refractivity contribution is -0.511. The van der Waals surface area contributed by atoms with Crippen LogP contribution in [0, 0.1) is 10.1 Å². The average molecular weight is 233 g/mol. The fourth-order valence-electron chi connectivity index (χ4n) is 1.15. The molecule has 7 heteroatoms. The maximum Gasteiger partial charge on any atom is 0.381 e. The maximum atomic E-state index is 11.0. The Morgan fingerprint density at radius 1 is 1.25 bits per heavy atom. The minimum absolute atomic E-state index is 0.0661. The highest BCUT2D eigenvalue weighted by molar-refractivity contribution is 5.74. The molecule has 0 N–H and O–H groups in total. The second kappa shape index (κ2) is 7.61. The number of hydrogen-bond acceptors (Lipinski definition) is 6. The van der Waals surface area contributed by atoms with E-state index in [4.69, 9.17) is 0 Å². The molecule has 1 atom stereocenters. The van der Waals surface area contributed by atoms with Gasteiger partial charge in [0.1, 0.15) is 0 Å². The van der Waals surface area contributed by atoms with Gasteiger partial charge in [-0.3, -0.25) is 14.9 Å². The third-order valence-electron chi connectivity index (χ3n) is 2.06. The van der Waals surface area contributed by atoms with Gasteiger partial charge in [-0.25, -0.2) is 4.79 Å². The fourth-order valence-corrected chi connectivity index (χ4v) is 1.15. The molecule has 16 heavy (non-hydrogen) atoms. The highest BCUT2D eigenvalue weighted by Gasteiger charge is 2.29. The van der Waals surface area contributed by atoms with E-state index < -0.39 is 16.9 Å². The van der Waals surface area contributed by atoms with Crippen molar-refractivity contribution < 1.29 is 24.0 Å². The first-order chi connectivity index (χ1) is 7.52. The predicted molar refractivity (Wildman–Crippen MR) is 53.3 cm³/mol. The van der Waals surface area contributed by atoms with E-state index in [0.717, 1.165) is 7.11 Å². The molecule has 0 aromatic rings. The summed E-state index contributed by atoms with van der Waals surface area (Å²) < 4.78 is 8.71. The van der Waals surface area contributed by atoms with Crippen LogP contribution in [0.3, 0.4) is 0 Å². The second-order valence-electron chi connectivity index (χ2n) is 3.15. The second-order valence-corrected chi connectivity index (χ2v) is 3.15. The van der Waals surface area contributed by atoms with Gasteiger partial charge in [-0.05, 0) is 12.8 Å². The molecule has 0 saturated heterocycles. The van der Waals surface area contributed by atoms with Crippen LogP contribution in [-0.2, 0) is 19.1 Å². The van der Waals surface area contributed by atoms with Crippen LogP contribution in [0.1, 0.15) is 25.7 Å². The van der Waals surface area contributed by atoms with Crippen LogP contribution in [0.25, 0.3) is 0 Å². The minimum atomic E-state index is -1.34. The molecule has 0 bridgehead atoms. The lowest BCUT2D eigenvalue weighted by atomic mass is 10.1. The Kier molecular flexibility index (Phi) is 6.82. The number of hydrogen-bond donors (Lipinski definition) is 0. The molecule has 1 unspecified atom stereocenters. The molecule has 0 saturated carbocycles. The van der Waals surface area contributed by atoms with Gasteiger partial charge in [0.05, 0.1) is 14.2 Å². The van der Waals surface area contributed by atoms with Gasteiger partial charge in [-0.2, -0.15) is 0 Å². The van der Waals surface area contributed by atoms with Crippen molar-refractivity contribution in [2.45, 2.75) is 31.7 Å². The van der Waals surface area contributed by atoms with Crippen molar-refractivity contribution in [1.29, 1.82) is 0 Å². The summed E-state index contributed by atoms with van der Waals surface area (Å²) in [7, 11) is 2.38. The summed E-state index contributed by atoms with van der Waals surface area (Å²) in [4.78, 5) is 31.5. The summed E-state index contributed by atoms with van der Waals surface area (Å²) in [6.07, 6.45) is 1.11. The first-order valence-electron chi connectivity index (χ1n) is 4.81. The van der Waals surface area contributed by atoms with Gasteiger partial charge in [0.2, 0.25) is 0 Å². The monoisotopic (exact) mass is 233 g/mol. The summed E-state index contributed by atoms with van der Waals surface area (Å²) in [6, 6.07) is -1.34. The molecule has 0 aliphatic heterocycles. The number of esters is 2. The maximum absolute atomic E-state index is 11.0. The number of unbranched alkanes of at least 4 members (excludes halogenated alkanes) is 1. The number of carbonyl (C=O) groups excluding carboxylic acids is 2. The normalized spacial score (nSPS) is 11.6. The molecule has 0 aromatic heterocycles. The molecule has 0 aromatic carbocycles. The van der Waals surface area contributed by atoms with Crippen molar-refractivity contribution in [2.75, 3.05) is 14.2 Å². The van der Waals surface area contributed by atoms with Gasteiger partial charge in [0.25, 0.3) is 0 Å². The van der Waals surface area contributed by atoms with Crippen LogP contribution in [0.5, 0.6) is 0 Å². The molecular weight excluding hydrogens is 218 g/mol. The molecule has 0 aliphatic rings.